The second kappa shape index (κ2) is 8.56. The van der Waals surface area contributed by atoms with Crippen LogP contribution in [0.2, 0.25) is 0 Å². The molecule has 2 saturated heterocycles. The highest BCUT2D eigenvalue weighted by molar-refractivity contribution is 6.24. The summed E-state index contributed by atoms with van der Waals surface area (Å²) >= 11 is 0. The van der Waals surface area contributed by atoms with Crippen molar-refractivity contribution in [2.24, 2.45) is 23.5 Å². The standard InChI is InChI=1S/C30H36N4O7/c1-32(2)24-17-9-12-8-15-20(25(36)19(12)27(38)30(17,41)28(39)21(26(24)37)29(31)40)18(35)10-16-22-13(11-33(3)23(15)16)7-14-5-4-6-34(14)22/h10,12-14,17,22,24,35-36,39,41H,4-9,11H2,1-3H3,(H2,31,40)/t12-,13?,14?,17-,22?,24-,30+/m1/s1. The van der Waals surface area contributed by atoms with Gasteiger partial charge in [0.25, 0.3) is 5.91 Å². The van der Waals surface area contributed by atoms with Gasteiger partial charge in [0.2, 0.25) is 5.78 Å². The Kier molecular flexibility index (Phi) is 5.53. The van der Waals surface area contributed by atoms with E-state index in [1.807, 2.05) is 7.05 Å². The van der Waals surface area contributed by atoms with Crippen molar-refractivity contribution in [1.82, 2.24) is 9.80 Å². The number of Topliss-reactive ketones (excluding diaryl/α,β-unsaturated/α-hetero) is 2. The number of carbonyl (C=O) groups is 3. The molecule has 7 atom stereocenters. The Morgan fingerprint density at radius 3 is 2.59 bits per heavy atom. The lowest BCUT2D eigenvalue weighted by Gasteiger charge is -2.50. The SMILES string of the molecule is CN1CC2CC3CCCN3C2c2cc(O)c3c(c21)C[C@@H]1C[C@@H]2[C@@H](N(C)C)C(=O)C(C(N)=O)=C(O)[C@@]2(O)C(=O)C1=C3O. The fraction of sp³-hybridized carbons (Fsp3) is 0.567. The minimum Gasteiger partial charge on any atom is -0.508 e. The number of amides is 1. The molecule has 0 bridgehead atoms. The number of phenols is 1. The molecular formula is C30H36N4O7. The highest BCUT2D eigenvalue weighted by Gasteiger charge is 2.64. The third kappa shape index (κ3) is 3.22. The highest BCUT2D eigenvalue weighted by atomic mass is 16.3. The fourth-order valence-corrected chi connectivity index (χ4v) is 9.28. The van der Waals surface area contributed by atoms with Gasteiger partial charge in [-0.1, -0.05) is 0 Å². The van der Waals surface area contributed by atoms with Crippen molar-refractivity contribution < 1.29 is 34.8 Å². The molecule has 218 valence electrons. The van der Waals surface area contributed by atoms with E-state index in [2.05, 4.69) is 9.80 Å². The zero-order valence-corrected chi connectivity index (χ0v) is 23.4. The Labute approximate surface area is 237 Å². The van der Waals surface area contributed by atoms with Gasteiger partial charge in [-0.3, -0.25) is 24.2 Å². The van der Waals surface area contributed by atoms with Gasteiger partial charge in [-0.05, 0) is 81.8 Å². The van der Waals surface area contributed by atoms with Crippen molar-refractivity contribution in [3.05, 3.63) is 39.7 Å². The quantitative estimate of drug-likeness (QED) is 0.326. The second-order valence-electron chi connectivity index (χ2n) is 13.0. The van der Waals surface area contributed by atoms with E-state index in [1.165, 1.54) is 11.3 Å². The first-order valence-corrected chi connectivity index (χ1v) is 14.4. The summed E-state index contributed by atoms with van der Waals surface area (Å²) in [5, 5.41) is 45.8. The van der Waals surface area contributed by atoms with Crippen molar-refractivity contribution in [3.63, 3.8) is 0 Å². The molecule has 0 aromatic heterocycles. The fourth-order valence-electron chi connectivity index (χ4n) is 9.28. The molecule has 3 aliphatic heterocycles. The molecule has 6 N–H and O–H groups in total. The van der Waals surface area contributed by atoms with Gasteiger partial charge in [-0.15, -0.1) is 0 Å². The molecule has 7 rings (SSSR count). The second-order valence-corrected chi connectivity index (χ2v) is 13.0. The lowest BCUT2D eigenvalue weighted by atomic mass is 9.57. The van der Waals surface area contributed by atoms with Crippen LogP contribution in [0.4, 0.5) is 5.69 Å². The van der Waals surface area contributed by atoms with Gasteiger partial charge < -0.3 is 31.1 Å². The number of nitrogens with two attached hydrogens (primary N) is 1. The number of likely N-dealkylation sites (N-methyl/N-ethyl adjacent to an activating group) is 1. The van der Waals surface area contributed by atoms with E-state index in [-0.39, 0.29) is 29.3 Å². The molecule has 3 fully saturated rings. The Morgan fingerprint density at radius 1 is 1.17 bits per heavy atom. The molecule has 41 heavy (non-hydrogen) atoms. The number of aromatic hydroxyl groups is 1. The molecule has 6 aliphatic rings. The van der Waals surface area contributed by atoms with Gasteiger partial charge in [0, 0.05) is 42.9 Å². The summed E-state index contributed by atoms with van der Waals surface area (Å²) in [6, 6.07) is 1.33. The largest absolute Gasteiger partial charge is 0.508 e. The van der Waals surface area contributed by atoms with Gasteiger partial charge in [0.1, 0.15) is 22.8 Å². The molecular weight excluding hydrogens is 528 g/mol. The van der Waals surface area contributed by atoms with Crippen LogP contribution in [-0.2, 0) is 20.8 Å². The van der Waals surface area contributed by atoms with Gasteiger partial charge >= 0.3 is 0 Å². The number of fused-ring (bicyclic) bond motifs is 9. The van der Waals surface area contributed by atoms with Crippen LogP contribution in [0.5, 0.6) is 5.75 Å². The number of primary amides is 1. The molecule has 3 heterocycles. The van der Waals surface area contributed by atoms with Crippen LogP contribution in [-0.4, -0.2) is 99.6 Å². The monoisotopic (exact) mass is 564 g/mol. The summed E-state index contributed by atoms with van der Waals surface area (Å²) in [5.41, 5.74) is 4.73. The number of aliphatic hydroxyl groups excluding tert-OH is 2. The van der Waals surface area contributed by atoms with Crippen LogP contribution in [0.3, 0.4) is 0 Å². The van der Waals surface area contributed by atoms with Crippen LogP contribution in [0.25, 0.3) is 5.76 Å². The summed E-state index contributed by atoms with van der Waals surface area (Å²) < 4.78 is 0. The Bertz CT molecular complexity index is 1500. The first kappa shape index (κ1) is 26.5. The Balaban J connectivity index is 1.41. The molecule has 11 nitrogen and oxygen atoms in total. The van der Waals surface area contributed by atoms with E-state index in [0.29, 0.717) is 18.4 Å². The minimum atomic E-state index is -2.63. The van der Waals surface area contributed by atoms with E-state index in [9.17, 15) is 34.8 Å². The maximum atomic E-state index is 14.1. The van der Waals surface area contributed by atoms with Gasteiger partial charge in [-0.2, -0.15) is 0 Å². The third-order valence-electron chi connectivity index (χ3n) is 10.7. The number of hydrogen-bond donors (Lipinski definition) is 5. The number of rotatable bonds is 2. The molecule has 1 aromatic rings. The molecule has 11 heteroatoms. The topological polar surface area (TPSA) is 168 Å². The molecule has 0 radical (unpaired) electrons. The number of hydrogen-bond acceptors (Lipinski definition) is 10. The van der Waals surface area contributed by atoms with Crippen molar-refractivity contribution in [2.45, 2.75) is 55.8 Å². The molecule has 1 amide bonds. The summed E-state index contributed by atoms with van der Waals surface area (Å²) in [5.74, 6) is -5.87. The maximum absolute atomic E-state index is 14.1. The predicted molar refractivity (Wildman–Crippen MR) is 148 cm³/mol. The van der Waals surface area contributed by atoms with E-state index in [4.69, 9.17) is 5.73 Å². The van der Waals surface area contributed by atoms with Gasteiger partial charge in [-0.25, -0.2) is 0 Å². The van der Waals surface area contributed by atoms with E-state index in [1.54, 1.807) is 20.2 Å². The van der Waals surface area contributed by atoms with Crippen LogP contribution < -0.4 is 10.6 Å². The van der Waals surface area contributed by atoms with E-state index >= 15 is 0 Å². The lowest BCUT2D eigenvalue weighted by molar-refractivity contribution is -0.153. The first-order valence-electron chi connectivity index (χ1n) is 14.4. The van der Waals surface area contributed by atoms with Crippen molar-refractivity contribution in [2.75, 3.05) is 39.1 Å². The zero-order valence-electron chi connectivity index (χ0n) is 23.4. The maximum Gasteiger partial charge on any atom is 0.255 e. The first-order chi connectivity index (χ1) is 19.4. The molecule has 3 unspecified atom stereocenters. The summed E-state index contributed by atoms with van der Waals surface area (Å²) in [6.45, 7) is 1.86. The highest BCUT2D eigenvalue weighted by Crippen LogP contribution is 2.58. The van der Waals surface area contributed by atoms with Crippen LogP contribution in [0.15, 0.2) is 23.0 Å². The number of aliphatic hydroxyl groups is 3. The number of anilines is 1. The minimum absolute atomic E-state index is 0.0835. The van der Waals surface area contributed by atoms with Crippen molar-refractivity contribution >= 4 is 28.9 Å². The summed E-state index contributed by atoms with van der Waals surface area (Å²) in [4.78, 5) is 45.9. The average molecular weight is 565 g/mol. The zero-order chi connectivity index (χ0) is 29.3. The average Bonchev–Trinajstić information content (AvgIpc) is 3.46. The number of phenolic OH excluding ortho intramolecular Hbond substituents is 1. The van der Waals surface area contributed by atoms with E-state index in [0.717, 1.165) is 42.7 Å². The number of nitrogens with zero attached hydrogens (tertiary/aromatic N) is 3. The van der Waals surface area contributed by atoms with Crippen molar-refractivity contribution in [3.8, 4) is 5.75 Å². The smallest absolute Gasteiger partial charge is 0.255 e. The normalized spacial score (nSPS) is 36.2. The molecule has 1 aromatic carbocycles. The Hall–Kier alpha value is -3.41. The number of ketones is 2. The Morgan fingerprint density at radius 2 is 1.90 bits per heavy atom. The molecule has 0 spiro atoms. The summed E-state index contributed by atoms with van der Waals surface area (Å²) in [7, 11) is 5.22. The third-order valence-corrected chi connectivity index (χ3v) is 10.7. The van der Waals surface area contributed by atoms with E-state index < -0.39 is 58.0 Å². The predicted octanol–water partition coefficient (Wildman–Crippen LogP) is 0.939. The van der Waals surface area contributed by atoms with Gasteiger partial charge in [0.05, 0.1) is 11.6 Å². The van der Waals surface area contributed by atoms with Crippen LogP contribution in [0.1, 0.15) is 48.4 Å². The van der Waals surface area contributed by atoms with Crippen LogP contribution >= 0.6 is 0 Å². The number of carbonyl (C=O) groups excluding carboxylic acids is 3. The van der Waals surface area contributed by atoms with Gasteiger partial charge in [0.15, 0.2) is 11.4 Å². The molecule has 3 aliphatic carbocycles. The summed E-state index contributed by atoms with van der Waals surface area (Å²) in [6.07, 6.45) is 3.83. The van der Waals surface area contributed by atoms with Crippen LogP contribution in [0, 0.1) is 17.8 Å². The number of benzene rings is 1. The van der Waals surface area contributed by atoms with Crippen molar-refractivity contribution in [1.29, 1.82) is 0 Å². The lowest BCUT2D eigenvalue weighted by Crippen LogP contribution is -2.65. The molecule has 1 saturated carbocycles.